The van der Waals surface area contributed by atoms with Crippen molar-refractivity contribution in [3.05, 3.63) is 47.5 Å². The predicted octanol–water partition coefficient (Wildman–Crippen LogP) is 1.36. The van der Waals surface area contributed by atoms with Crippen molar-refractivity contribution in [2.24, 2.45) is 0 Å². The highest BCUT2D eigenvalue weighted by molar-refractivity contribution is 6.04. The number of carbonyl (C=O) groups excluding carboxylic acids is 3. The Morgan fingerprint density at radius 1 is 1.14 bits per heavy atom. The summed E-state index contributed by atoms with van der Waals surface area (Å²) in [5.74, 6) is -4.42. The van der Waals surface area contributed by atoms with Crippen LogP contribution in [0, 0.1) is 0 Å². The Morgan fingerprint density at radius 3 is 2.36 bits per heavy atom. The van der Waals surface area contributed by atoms with Gasteiger partial charge < -0.3 is 9.84 Å². The maximum absolute atomic E-state index is 11.7. The number of hydrogen-bond donors (Lipinski definition) is 1. The van der Waals surface area contributed by atoms with Gasteiger partial charge in [-0.2, -0.15) is 0 Å². The van der Waals surface area contributed by atoms with E-state index in [1.165, 1.54) is 6.07 Å². The average Bonchev–Trinajstić information content (AvgIpc) is 2.51. The maximum atomic E-state index is 11.7. The summed E-state index contributed by atoms with van der Waals surface area (Å²) in [5.41, 5.74) is -0.929. The van der Waals surface area contributed by atoms with Gasteiger partial charge in [0.15, 0.2) is 0 Å². The molecule has 116 valence electrons. The van der Waals surface area contributed by atoms with Crippen LogP contribution in [0.1, 0.15) is 38.0 Å². The monoisotopic (exact) mass is 308 g/mol. The van der Waals surface area contributed by atoms with Gasteiger partial charge >= 0.3 is 23.9 Å². The Balaban J connectivity index is 3.07. The van der Waals surface area contributed by atoms with Crippen LogP contribution in [0.2, 0.25) is 0 Å². The highest BCUT2D eigenvalue weighted by atomic mass is 17.2. The van der Waals surface area contributed by atoms with E-state index < -0.39 is 35.0 Å². The minimum atomic E-state index is -1.46. The fourth-order valence-corrected chi connectivity index (χ4v) is 1.40. The molecule has 1 aromatic rings. The molecule has 1 rings (SSSR count). The SMILES string of the molecule is C=CC(=O)OOC(=O)c1ccc(C(=O)OCC)cc1C(=O)O. The van der Waals surface area contributed by atoms with Gasteiger partial charge in [0.05, 0.1) is 23.3 Å². The molecule has 0 unspecified atom stereocenters. The summed E-state index contributed by atoms with van der Waals surface area (Å²) in [6.45, 7) is 4.80. The van der Waals surface area contributed by atoms with E-state index in [1.54, 1.807) is 6.92 Å². The molecule has 0 spiro atoms. The summed E-state index contributed by atoms with van der Waals surface area (Å²) in [5, 5.41) is 9.09. The lowest BCUT2D eigenvalue weighted by Gasteiger charge is -2.07. The van der Waals surface area contributed by atoms with Crippen molar-refractivity contribution < 1.29 is 38.8 Å². The van der Waals surface area contributed by atoms with E-state index in [2.05, 4.69) is 16.4 Å². The Morgan fingerprint density at radius 2 is 1.82 bits per heavy atom. The number of carbonyl (C=O) groups is 4. The molecule has 1 N–H and O–H groups in total. The standard InChI is InChI=1S/C14H12O8/c1-3-11(15)21-22-14(19)9-6-5-8(13(18)20-4-2)7-10(9)12(16)17/h3,5-7H,1,4H2,2H3,(H,16,17). The van der Waals surface area contributed by atoms with E-state index in [0.29, 0.717) is 0 Å². The van der Waals surface area contributed by atoms with Crippen molar-refractivity contribution in [2.45, 2.75) is 6.92 Å². The first-order chi connectivity index (χ1) is 10.4. The molecule has 0 fully saturated rings. The second-order valence-electron chi connectivity index (χ2n) is 3.76. The zero-order valence-corrected chi connectivity index (χ0v) is 11.5. The first-order valence-electron chi connectivity index (χ1n) is 6.00. The molecule has 1 aromatic carbocycles. The fourth-order valence-electron chi connectivity index (χ4n) is 1.40. The molecule has 0 bridgehead atoms. The third kappa shape index (κ3) is 4.17. The first kappa shape index (κ1) is 16.9. The molecule has 0 radical (unpaired) electrons. The van der Waals surface area contributed by atoms with Gasteiger partial charge in [-0.05, 0) is 25.1 Å². The molecule has 8 nitrogen and oxygen atoms in total. The highest BCUT2D eigenvalue weighted by Crippen LogP contribution is 2.15. The Labute approximate surface area is 124 Å². The van der Waals surface area contributed by atoms with Gasteiger partial charge in [0, 0.05) is 6.08 Å². The summed E-state index contributed by atoms with van der Waals surface area (Å²) < 4.78 is 4.73. The second kappa shape index (κ2) is 7.58. The quantitative estimate of drug-likeness (QED) is 0.375. The van der Waals surface area contributed by atoms with E-state index in [4.69, 9.17) is 9.84 Å². The van der Waals surface area contributed by atoms with Gasteiger partial charge in [-0.15, -0.1) is 0 Å². The van der Waals surface area contributed by atoms with E-state index in [9.17, 15) is 19.2 Å². The van der Waals surface area contributed by atoms with Crippen molar-refractivity contribution in [1.82, 2.24) is 0 Å². The van der Waals surface area contributed by atoms with E-state index >= 15 is 0 Å². The molecule has 0 saturated heterocycles. The van der Waals surface area contributed by atoms with Gasteiger partial charge in [-0.25, -0.2) is 29.0 Å². The van der Waals surface area contributed by atoms with E-state index in [-0.39, 0.29) is 12.2 Å². The minimum absolute atomic E-state index is 0.0427. The minimum Gasteiger partial charge on any atom is -0.478 e. The molecule has 0 aliphatic carbocycles. The van der Waals surface area contributed by atoms with Crippen LogP contribution in [0.5, 0.6) is 0 Å². The van der Waals surface area contributed by atoms with E-state index in [1.807, 2.05) is 0 Å². The molecule has 8 heteroatoms. The molecular formula is C14H12O8. The third-order valence-electron chi connectivity index (χ3n) is 2.35. The van der Waals surface area contributed by atoms with Crippen molar-refractivity contribution in [3.63, 3.8) is 0 Å². The van der Waals surface area contributed by atoms with Crippen LogP contribution in [0.3, 0.4) is 0 Å². The van der Waals surface area contributed by atoms with Crippen LogP contribution in [-0.2, 0) is 19.3 Å². The number of aromatic carboxylic acids is 1. The van der Waals surface area contributed by atoms with Crippen molar-refractivity contribution in [3.8, 4) is 0 Å². The molecule has 0 saturated carbocycles. The van der Waals surface area contributed by atoms with Crippen LogP contribution in [-0.4, -0.2) is 35.6 Å². The number of carboxylic acid groups (broad SMARTS) is 1. The predicted molar refractivity (Wildman–Crippen MR) is 71.1 cm³/mol. The summed E-state index contributed by atoms with van der Waals surface area (Å²) in [7, 11) is 0. The van der Waals surface area contributed by atoms with Crippen LogP contribution in [0.15, 0.2) is 30.9 Å². The molecule has 22 heavy (non-hydrogen) atoms. The second-order valence-corrected chi connectivity index (χ2v) is 3.76. The fraction of sp³-hybridized carbons (Fsp3) is 0.143. The zero-order valence-electron chi connectivity index (χ0n) is 11.5. The third-order valence-corrected chi connectivity index (χ3v) is 2.35. The lowest BCUT2D eigenvalue weighted by atomic mass is 10.0. The summed E-state index contributed by atoms with van der Waals surface area (Å²) in [6, 6.07) is 3.21. The van der Waals surface area contributed by atoms with Crippen LogP contribution in [0.25, 0.3) is 0 Å². The number of hydrogen-bond acceptors (Lipinski definition) is 7. The maximum Gasteiger partial charge on any atom is 0.387 e. The van der Waals surface area contributed by atoms with Crippen LogP contribution < -0.4 is 0 Å². The largest absolute Gasteiger partial charge is 0.478 e. The Hall–Kier alpha value is -3.16. The molecule has 0 amide bonds. The summed E-state index contributed by atoms with van der Waals surface area (Å²) in [4.78, 5) is 53.4. The van der Waals surface area contributed by atoms with Gasteiger partial charge in [0.1, 0.15) is 0 Å². The topological polar surface area (TPSA) is 116 Å². The number of carboxylic acids is 1. The van der Waals surface area contributed by atoms with Crippen molar-refractivity contribution >= 4 is 23.9 Å². The molecule has 0 atom stereocenters. The Kier molecular flexibility index (Phi) is 5.82. The molecule has 0 aromatic heterocycles. The highest BCUT2D eigenvalue weighted by Gasteiger charge is 2.22. The molecular weight excluding hydrogens is 296 g/mol. The van der Waals surface area contributed by atoms with Crippen LogP contribution in [0.4, 0.5) is 0 Å². The summed E-state index contributed by atoms with van der Waals surface area (Å²) >= 11 is 0. The summed E-state index contributed by atoms with van der Waals surface area (Å²) in [6.07, 6.45) is 0.759. The van der Waals surface area contributed by atoms with Gasteiger partial charge in [0.2, 0.25) is 0 Å². The average molecular weight is 308 g/mol. The van der Waals surface area contributed by atoms with Crippen molar-refractivity contribution in [1.29, 1.82) is 0 Å². The van der Waals surface area contributed by atoms with Crippen LogP contribution >= 0.6 is 0 Å². The van der Waals surface area contributed by atoms with Gasteiger partial charge in [0.25, 0.3) is 0 Å². The van der Waals surface area contributed by atoms with Gasteiger partial charge in [-0.1, -0.05) is 6.58 Å². The molecule has 0 heterocycles. The number of rotatable bonds is 5. The lowest BCUT2D eigenvalue weighted by molar-refractivity contribution is -0.228. The smallest absolute Gasteiger partial charge is 0.387 e. The lowest BCUT2D eigenvalue weighted by Crippen LogP contribution is -2.15. The van der Waals surface area contributed by atoms with Gasteiger partial charge in [-0.3, -0.25) is 0 Å². The zero-order chi connectivity index (χ0) is 16.7. The first-order valence-corrected chi connectivity index (χ1v) is 6.00. The Bertz CT molecular complexity index is 632. The number of ether oxygens (including phenoxy) is 1. The molecule has 0 aliphatic heterocycles. The number of benzene rings is 1. The van der Waals surface area contributed by atoms with E-state index in [0.717, 1.165) is 18.2 Å². The normalized spacial score (nSPS) is 9.50. The molecule has 0 aliphatic rings. The number of esters is 1. The van der Waals surface area contributed by atoms with Crippen molar-refractivity contribution in [2.75, 3.05) is 6.61 Å².